The average molecular weight is 285 g/mol. The predicted molar refractivity (Wildman–Crippen MR) is 71.6 cm³/mol. The number of hydrogen-bond donors (Lipinski definition) is 2. The van der Waals surface area contributed by atoms with Gasteiger partial charge in [-0.05, 0) is 18.1 Å². The fourth-order valence-corrected chi connectivity index (χ4v) is 2.48. The number of aromatic carboxylic acids is 1. The first kappa shape index (κ1) is 13.2. The van der Waals surface area contributed by atoms with E-state index >= 15 is 0 Å². The van der Waals surface area contributed by atoms with Gasteiger partial charge in [0, 0.05) is 17.2 Å². The molecule has 106 valence electrons. The number of fused-ring (bicyclic) bond motifs is 1. The van der Waals surface area contributed by atoms with Crippen LogP contribution in [-0.2, 0) is 9.59 Å². The molecule has 21 heavy (non-hydrogen) atoms. The van der Waals surface area contributed by atoms with E-state index in [1.54, 1.807) is 18.2 Å². The number of nitrogens with one attached hydrogen (secondary N) is 1. The molecule has 1 aliphatic rings. The van der Waals surface area contributed by atoms with Gasteiger partial charge in [0.05, 0.1) is 12.1 Å². The van der Waals surface area contributed by atoms with Crippen LogP contribution < -0.4 is 5.32 Å². The number of carboxylic acid groups (broad SMARTS) is 1. The van der Waals surface area contributed by atoms with Crippen molar-refractivity contribution in [2.75, 3.05) is 0 Å². The van der Waals surface area contributed by atoms with Crippen molar-refractivity contribution in [3.8, 4) is 0 Å². The molecule has 1 unspecified atom stereocenters. The highest BCUT2D eigenvalue weighted by Crippen LogP contribution is 2.28. The molecule has 7 nitrogen and oxygen atoms in total. The number of amides is 2. The van der Waals surface area contributed by atoms with Gasteiger partial charge in [-0.1, -0.05) is 12.1 Å². The minimum Gasteiger partial charge on any atom is -0.476 e. The number of nitrogens with zero attached hydrogens (tertiary/aromatic N) is 2. The number of carbonyl (C=O) groups excluding carboxylic acids is 2. The van der Waals surface area contributed by atoms with Crippen molar-refractivity contribution in [3.63, 3.8) is 0 Å². The van der Waals surface area contributed by atoms with E-state index in [9.17, 15) is 14.4 Å². The molecular formula is C14H11N3O4. The molecule has 1 aromatic heterocycles. The molecule has 0 spiro atoms. The Morgan fingerprint density at radius 3 is 2.86 bits per heavy atom. The van der Waals surface area contributed by atoms with Crippen LogP contribution in [0.3, 0.4) is 0 Å². The van der Waals surface area contributed by atoms with Crippen LogP contribution in [0.1, 0.15) is 34.8 Å². The summed E-state index contributed by atoms with van der Waals surface area (Å²) in [4.78, 5) is 34.2. The molecule has 1 saturated heterocycles. The molecule has 3 rings (SSSR count). The highest BCUT2D eigenvalue weighted by molar-refractivity contribution is 6.03. The maximum atomic E-state index is 11.9. The third-order valence-corrected chi connectivity index (χ3v) is 3.53. The zero-order valence-electron chi connectivity index (χ0n) is 10.9. The summed E-state index contributed by atoms with van der Waals surface area (Å²) in [7, 11) is 0. The Morgan fingerprint density at radius 2 is 2.14 bits per heavy atom. The molecule has 0 radical (unpaired) electrons. The van der Waals surface area contributed by atoms with Crippen LogP contribution in [0.5, 0.6) is 0 Å². The standard InChI is InChI=1S/C14H11N3O4/c18-11-4-3-9(13(19)16-11)7-1-2-8-6-15-17-12(14(20)21)10(8)5-7/h1-2,5-6,9H,3-4H2,(H,20,21)(H,16,18,19). The number of rotatable bonds is 2. The summed E-state index contributed by atoms with van der Waals surface area (Å²) < 4.78 is 0. The molecule has 1 fully saturated rings. The van der Waals surface area contributed by atoms with Crippen molar-refractivity contribution in [2.24, 2.45) is 0 Å². The fraction of sp³-hybridized carbons (Fsp3) is 0.214. The summed E-state index contributed by atoms with van der Waals surface area (Å²) in [5.41, 5.74) is 0.518. The van der Waals surface area contributed by atoms with E-state index in [4.69, 9.17) is 5.11 Å². The lowest BCUT2D eigenvalue weighted by atomic mass is 9.89. The van der Waals surface area contributed by atoms with E-state index in [0.29, 0.717) is 22.8 Å². The van der Waals surface area contributed by atoms with Crippen LogP contribution in [0, 0.1) is 0 Å². The lowest BCUT2D eigenvalue weighted by molar-refractivity contribution is -0.134. The largest absolute Gasteiger partial charge is 0.476 e. The van der Waals surface area contributed by atoms with Crippen molar-refractivity contribution in [1.29, 1.82) is 0 Å². The van der Waals surface area contributed by atoms with Crippen molar-refractivity contribution in [3.05, 3.63) is 35.7 Å². The van der Waals surface area contributed by atoms with E-state index < -0.39 is 11.9 Å². The van der Waals surface area contributed by atoms with Gasteiger partial charge >= 0.3 is 5.97 Å². The summed E-state index contributed by atoms with van der Waals surface area (Å²) in [6.07, 6.45) is 2.15. The third-order valence-electron chi connectivity index (χ3n) is 3.53. The molecule has 2 heterocycles. The Morgan fingerprint density at radius 1 is 1.33 bits per heavy atom. The second kappa shape index (κ2) is 4.93. The van der Waals surface area contributed by atoms with Gasteiger partial charge in [0.25, 0.3) is 0 Å². The van der Waals surface area contributed by atoms with Gasteiger partial charge in [0.1, 0.15) is 0 Å². The van der Waals surface area contributed by atoms with Crippen LogP contribution in [0.4, 0.5) is 0 Å². The maximum Gasteiger partial charge on any atom is 0.357 e. The Kier molecular flexibility index (Phi) is 3.09. The molecule has 2 amide bonds. The molecule has 2 aromatic rings. The Balaban J connectivity index is 2.08. The molecule has 0 bridgehead atoms. The van der Waals surface area contributed by atoms with Crippen LogP contribution in [0.15, 0.2) is 24.4 Å². The Bertz CT molecular complexity index is 772. The molecule has 7 heteroatoms. The number of imide groups is 1. The quantitative estimate of drug-likeness (QED) is 0.792. The van der Waals surface area contributed by atoms with Crippen LogP contribution in [-0.4, -0.2) is 33.1 Å². The first-order valence-corrected chi connectivity index (χ1v) is 6.38. The number of hydrogen-bond acceptors (Lipinski definition) is 5. The van der Waals surface area contributed by atoms with E-state index in [2.05, 4.69) is 15.5 Å². The highest BCUT2D eigenvalue weighted by Gasteiger charge is 2.28. The van der Waals surface area contributed by atoms with Gasteiger partial charge in [-0.3, -0.25) is 14.9 Å². The van der Waals surface area contributed by atoms with Crippen molar-refractivity contribution in [1.82, 2.24) is 15.5 Å². The maximum absolute atomic E-state index is 11.9. The van der Waals surface area contributed by atoms with E-state index in [1.807, 2.05) is 0 Å². The summed E-state index contributed by atoms with van der Waals surface area (Å²) >= 11 is 0. The molecule has 1 aromatic carbocycles. The number of piperidine rings is 1. The smallest absolute Gasteiger partial charge is 0.357 e. The SMILES string of the molecule is O=C1CCC(c2ccc3cnnc(C(=O)O)c3c2)C(=O)N1. The lowest BCUT2D eigenvalue weighted by Crippen LogP contribution is -2.39. The molecule has 0 aliphatic carbocycles. The molecule has 1 aliphatic heterocycles. The Labute approximate surface area is 119 Å². The topological polar surface area (TPSA) is 109 Å². The summed E-state index contributed by atoms with van der Waals surface area (Å²) in [6.45, 7) is 0. The molecule has 1 atom stereocenters. The molecule has 2 N–H and O–H groups in total. The van der Waals surface area contributed by atoms with E-state index in [1.165, 1.54) is 6.20 Å². The van der Waals surface area contributed by atoms with Crippen molar-refractivity contribution in [2.45, 2.75) is 18.8 Å². The molecule has 0 saturated carbocycles. The second-order valence-corrected chi connectivity index (χ2v) is 4.85. The third kappa shape index (κ3) is 2.33. The van der Waals surface area contributed by atoms with Crippen molar-refractivity contribution < 1.29 is 19.5 Å². The van der Waals surface area contributed by atoms with Gasteiger partial charge in [-0.2, -0.15) is 5.10 Å². The summed E-state index contributed by atoms with van der Waals surface area (Å²) in [5, 5.41) is 19.8. The minimum atomic E-state index is -1.17. The van der Waals surface area contributed by atoms with Gasteiger partial charge in [0.15, 0.2) is 5.69 Å². The number of aromatic nitrogens is 2. The number of carbonyl (C=O) groups is 3. The number of carboxylic acids is 1. The van der Waals surface area contributed by atoms with Crippen molar-refractivity contribution >= 4 is 28.6 Å². The van der Waals surface area contributed by atoms with Gasteiger partial charge in [-0.25, -0.2) is 4.79 Å². The normalized spacial score (nSPS) is 18.6. The first-order valence-electron chi connectivity index (χ1n) is 6.38. The molecular weight excluding hydrogens is 274 g/mol. The van der Waals surface area contributed by atoms with Gasteiger partial charge < -0.3 is 5.11 Å². The monoisotopic (exact) mass is 285 g/mol. The van der Waals surface area contributed by atoms with Gasteiger partial charge in [0.2, 0.25) is 11.8 Å². The first-order chi connectivity index (χ1) is 10.1. The summed E-state index contributed by atoms with van der Waals surface area (Å²) in [6, 6.07) is 5.08. The zero-order chi connectivity index (χ0) is 15.0. The summed E-state index contributed by atoms with van der Waals surface area (Å²) in [5.74, 6) is -2.27. The van der Waals surface area contributed by atoms with Crippen LogP contribution >= 0.6 is 0 Å². The average Bonchev–Trinajstić information content (AvgIpc) is 2.46. The fourth-order valence-electron chi connectivity index (χ4n) is 2.48. The lowest BCUT2D eigenvalue weighted by Gasteiger charge is -2.21. The minimum absolute atomic E-state index is 0.151. The van der Waals surface area contributed by atoms with Crippen LogP contribution in [0.2, 0.25) is 0 Å². The zero-order valence-corrected chi connectivity index (χ0v) is 10.9. The van der Waals surface area contributed by atoms with E-state index in [0.717, 1.165) is 0 Å². The Hall–Kier alpha value is -2.83. The van der Waals surface area contributed by atoms with E-state index in [-0.39, 0.29) is 23.9 Å². The second-order valence-electron chi connectivity index (χ2n) is 4.85. The number of benzene rings is 1. The van der Waals surface area contributed by atoms with Gasteiger partial charge in [-0.15, -0.1) is 5.10 Å². The van der Waals surface area contributed by atoms with Crippen LogP contribution in [0.25, 0.3) is 10.8 Å². The predicted octanol–water partition coefficient (Wildman–Crippen LogP) is 0.848. The highest BCUT2D eigenvalue weighted by atomic mass is 16.4.